The molecule has 0 atom stereocenters. The molecule has 5 aromatic carbocycles. The Morgan fingerprint density at radius 1 is 0.325 bits per heavy atom. The summed E-state index contributed by atoms with van der Waals surface area (Å²) in [6, 6.07) is 8.33. The minimum atomic E-state index is -8.98. The van der Waals surface area contributed by atoms with Crippen LogP contribution >= 0.6 is 0 Å². The summed E-state index contributed by atoms with van der Waals surface area (Å²) in [5.74, 6) is -111. The maximum absolute atomic E-state index is 14.9. The topological polar surface area (TPSA) is 54.0 Å². The Labute approximate surface area is 432 Å². The Morgan fingerprint density at radius 2 is 0.627 bits per heavy atom. The molecule has 5 nitrogen and oxygen atoms in total. The van der Waals surface area contributed by atoms with Crippen LogP contribution in [0.25, 0.3) is 21.5 Å². The first-order valence-electron chi connectivity index (χ1n) is 20.9. The molecule has 2 heterocycles. The van der Waals surface area contributed by atoms with E-state index in [9.17, 15) is 154 Å². The molecule has 1 spiro atoms. The molecule has 0 bridgehead atoms. The van der Waals surface area contributed by atoms with Crippen LogP contribution in [0.1, 0.15) is 27.0 Å². The van der Waals surface area contributed by atoms with Crippen LogP contribution in [0.4, 0.5) is 149 Å². The maximum Gasteiger partial charge on any atom is 0.471 e. The van der Waals surface area contributed by atoms with Crippen LogP contribution in [0.3, 0.4) is 0 Å². The van der Waals surface area contributed by atoms with Crippen LogP contribution in [-0.2, 0) is 10.3 Å². The fourth-order valence-electron chi connectivity index (χ4n) is 8.05. The van der Waals surface area contributed by atoms with E-state index < -0.39 is 163 Å². The summed E-state index contributed by atoms with van der Waals surface area (Å²) in [4.78, 5) is 13.4. The Kier molecular flexibility index (Phi) is 13.7. The van der Waals surface area contributed by atoms with Crippen LogP contribution in [0.2, 0.25) is 0 Å². The molecule has 0 aliphatic carbocycles. The molecule has 0 fully saturated rings. The number of ether oxygens (including phenoxy) is 4. The molecule has 458 valence electrons. The number of fused-ring (bicyclic) bond motifs is 10. The number of carbonyl (C=O) groups is 1. The van der Waals surface area contributed by atoms with Gasteiger partial charge in [-0.3, -0.25) is 0 Å². The predicted molar refractivity (Wildman–Crippen MR) is 202 cm³/mol. The van der Waals surface area contributed by atoms with Gasteiger partial charge in [0.05, 0.1) is 5.56 Å². The third-order valence-electron chi connectivity index (χ3n) is 12.5. The fraction of sp³-hybridized carbons (Fsp3) is 0.386. The highest BCUT2D eigenvalue weighted by Gasteiger charge is 2.97. The van der Waals surface area contributed by atoms with Crippen molar-refractivity contribution >= 4 is 27.5 Å². The van der Waals surface area contributed by atoms with E-state index in [1.807, 2.05) is 0 Å². The third kappa shape index (κ3) is 8.07. The minimum Gasteiger partial charge on any atom is -0.455 e. The SMILES string of the molecule is O=C1OC2(c3ccccc31)c1ccc3cc(OC(F)(F)C(F)(F)C(F)(F)C(F)(F)C(F)(F)C(F)(F)C(F)(F)C(F)(F)F)ccc3c1Oc1c2ccc2cc(OC(F)(F)C(F)(F)C(F)(F)C(F)(F)C(F)(F)C(F)(F)C(F)(F)C(F)(F)F)ccc12. The van der Waals surface area contributed by atoms with Gasteiger partial charge in [0.25, 0.3) is 0 Å². The molecule has 0 radical (unpaired) electrons. The van der Waals surface area contributed by atoms with Gasteiger partial charge >= 0.3 is 102 Å². The zero-order chi connectivity index (χ0) is 63.7. The number of esters is 1. The zero-order valence-electron chi connectivity index (χ0n) is 38.0. The van der Waals surface area contributed by atoms with Crippen molar-refractivity contribution in [2.45, 2.75) is 101 Å². The van der Waals surface area contributed by atoms with Crippen molar-refractivity contribution < 1.29 is 173 Å². The molecule has 0 saturated heterocycles. The quantitative estimate of drug-likeness (QED) is 0.0728. The second kappa shape index (κ2) is 17.8. The smallest absolute Gasteiger partial charge is 0.455 e. The number of rotatable bonds is 16. The Balaban J connectivity index is 1.28. The summed E-state index contributed by atoms with van der Waals surface area (Å²) in [6.45, 7) is 0. The van der Waals surface area contributed by atoms with Gasteiger partial charge in [-0.2, -0.15) is 149 Å². The van der Waals surface area contributed by atoms with E-state index in [2.05, 4.69) is 9.47 Å². The van der Waals surface area contributed by atoms with Gasteiger partial charge in [0.1, 0.15) is 23.0 Å². The van der Waals surface area contributed by atoms with E-state index in [1.54, 1.807) is 0 Å². The van der Waals surface area contributed by atoms with Gasteiger partial charge in [0.15, 0.2) is 5.60 Å². The molecule has 0 unspecified atom stereocenters. The zero-order valence-corrected chi connectivity index (χ0v) is 38.0. The van der Waals surface area contributed by atoms with Gasteiger partial charge < -0.3 is 18.9 Å². The van der Waals surface area contributed by atoms with Crippen molar-refractivity contribution in [3.63, 3.8) is 0 Å². The second-order valence-corrected chi connectivity index (χ2v) is 17.5. The van der Waals surface area contributed by atoms with Crippen molar-refractivity contribution in [1.29, 1.82) is 0 Å². The van der Waals surface area contributed by atoms with E-state index in [-0.39, 0.29) is 35.4 Å². The van der Waals surface area contributed by atoms with Gasteiger partial charge in [-0.15, -0.1) is 0 Å². The lowest BCUT2D eigenvalue weighted by atomic mass is 9.76. The molecule has 0 aromatic heterocycles. The molecular weight excluding hydrogens is 1250 g/mol. The normalized spacial score (nSPS) is 16.6. The molecule has 7 rings (SSSR count). The van der Waals surface area contributed by atoms with Crippen LogP contribution in [0.5, 0.6) is 23.0 Å². The highest BCUT2D eigenvalue weighted by molar-refractivity contribution is 6.01. The highest BCUT2D eigenvalue weighted by atomic mass is 19.4. The summed E-state index contributed by atoms with van der Waals surface area (Å²) in [6.07, 6.45) is -30.9. The van der Waals surface area contributed by atoms with E-state index >= 15 is 0 Å². The average molecular weight is 1270 g/mol. The monoisotopic (exact) mass is 1270 g/mol. The van der Waals surface area contributed by atoms with Gasteiger partial charge in [0, 0.05) is 27.5 Å². The van der Waals surface area contributed by atoms with Crippen molar-refractivity contribution in [3.05, 3.63) is 107 Å². The first-order valence-corrected chi connectivity index (χ1v) is 20.9. The van der Waals surface area contributed by atoms with Crippen molar-refractivity contribution in [2.75, 3.05) is 0 Å². The van der Waals surface area contributed by atoms with Crippen molar-refractivity contribution in [1.82, 2.24) is 0 Å². The first-order chi connectivity index (χ1) is 36.9. The molecule has 0 saturated carbocycles. The van der Waals surface area contributed by atoms with Gasteiger partial charge in [-0.05, 0) is 65.4 Å². The van der Waals surface area contributed by atoms with Crippen LogP contribution in [0.15, 0.2) is 84.9 Å². The van der Waals surface area contributed by atoms with Crippen molar-refractivity contribution in [3.8, 4) is 23.0 Å². The van der Waals surface area contributed by atoms with Crippen molar-refractivity contribution in [2.24, 2.45) is 0 Å². The Hall–Kier alpha value is -6.89. The number of hydrogen-bond acceptors (Lipinski definition) is 5. The van der Waals surface area contributed by atoms with Gasteiger partial charge in [-0.1, -0.05) is 30.3 Å². The maximum atomic E-state index is 14.9. The van der Waals surface area contributed by atoms with Gasteiger partial charge in [-0.25, -0.2) is 4.79 Å². The molecule has 39 heteroatoms. The summed E-state index contributed by atoms with van der Waals surface area (Å²) in [5.41, 5.74) is -3.85. The lowest BCUT2D eigenvalue weighted by Gasteiger charge is -2.42. The third-order valence-corrected chi connectivity index (χ3v) is 12.5. The number of alkyl halides is 34. The highest BCUT2D eigenvalue weighted by Crippen LogP contribution is 2.67. The molecule has 5 aromatic rings. The minimum absolute atomic E-state index is 0.0230. The number of hydrogen-bond donors (Lipinski definition) is 0. The number of carbonyl (C=O) groups excluding carboxylic acids is 1. The van der Waals surface area contributed by atoms with Gasteiger partial charge in [0.2, 0.25) is 0 Å². The van der Waals surface area contributed by atoms with E-state index in [1.165, 1.54) is 12.1 Å². The van der Waals surface area contributed by atoms with Crippen LogP contribution < -0.4 is 14.2 Å². The second-order valence-electron chi connectivity index (χ2n) is 17.5. The van der Waals surface area contributed by atoms with Crippen LogP contribution in [-0.4, -0.2) is 102 Å². The Bertz CT molecular complexity index is 3220. The molecule has 83 heavy (non-hydrogen) atoms. The molecular formula is C44H14F34O5. The van der Waals surface area contributed by atoms with E-state index in [4.69, 9.17) is 9.47 Å². The summed E-state index contributed by atoms with van der Waals surface area (Å²) < 4.78 is 491. The molecule has 2 aliphatic heterocycles. The average Bonchev–Trinajstić information content (AvgIpc) is 2.05. The van der Waals surface area contributed by atoms with E-state index in [0.717, 1.165) is 24.3 Å². The fourth-order valence-corrected chi connectivity index (χ4v) is 8.05. The molecule has 0 N–H and O–H groups in total. The predicted octanol–water partition coefficient (Wildman–Crippen LogP) is 17.3. The lowest BCUT2D eigenvalue weighted by molar-refractivity contribution is -0.471. The molecule has 0 amide bonds. The molecule has 2 aliphatic rings. The summed E-state index contributed by atoms with van der Waals surface area (Å²) in [7, 11) is 0. The first kappa shape index (κ1) is 63.7. The standard InChI is InChI=1S/C44H14F34O5/c45-29(46,33(53,54)37(61,62)41(69,70)71)31(49,50)35(57,58)39(65,66)43(75,76)81-17-7-9-19-15(13-17)5-11-23-25(19)80-26-20-10-8-18(14-16(20)6-12-24(26)28(23)22-4-2-1-3-21(22)27(79)83-28)82-44(77,78)40(67,68)36(59,60)32(51,52)30(47,48)34(55,56)38(63,64)42(72,73)74/h1-14H. The largest absolute Gasteiger partial charge is 0.471 e. The van der Waals surface area contributed by atoms with Crippen LogP contribution in [0, 0.1) is 0 Å². The van der Waals surface area contributed by atoms with E-state index in [0.29, 0.717) is 24.3 Å². The summed E-state index contributed by atoms with van der Waals surface area (Å²) >= 11 is 0. The Morgan fingerprint density at radius 3 is 0.952 bits per heavy atom. The summed E-state index contributed by atoms with van der Waals surface area (Å²) in [5, 5.41) is -2.90. The lowest BCUT2D eigenvalue weighted by Crippen LogP contribution is -2.74. The number of benzene rings is 5. The number of halogens is 34.